The van der Waals surface area contributed by atoms with Crippen LogP contribution in [0.4, 0.5) is 0 Å². The Labute approximate surface area is 170 Å². The molecule has 0 radical (unpaired) electrons. The number of hydrazone groups is 2. The number of amidine groups is 2. The Kier molecular flexibility index (Phi) is 6.36. The molecule has 0 saturated carbocycles. The number of carbonyl (C=O) groups is 2. The molecule has 0 aliphatic rings. The van der Waals surface area contributed by atoms with Gasteiger partial charge < -0.3 is 11.5 Å². The van der Waals surface area contributed by atoms with Crippen LogP contribution < -0.4 is 22.3 Å². The number of amides is 2. The molecule has 0 saturated heterocycles. The number of aromatic nitrogens is 3. The number of pyridine rings is 3. The third-order valence-corrected chi connectivity index (χ3v) is 3.62. The highest BCUT2D eigenvalue weighted by atomic mass is 16.2. The fourth-order valence-electron chi connectivity index (χ4n) is 2.17. The van der Waals surface area contributed by atoms with Crippen LogP contribution in [0.25, 0.3) is 0 Å². The van der Waals surface area contributed by atoms with Gasteiger partial charge in [0.05, 0.1) is 0 Å². The molecule has 0 aliphatic heterocycles. The number of carbonyl (C=O) groups excluding carboxylic acids is 2. The third-order valence-electron chi connectivity index (χ3n) is 3.62. The van der Waals surface area contributed by atoms with Crippen molar-refractivity contribution in [1.82, 2.24) is 25.8 Å². The minimum Gasteiger partial charge on any atom is -0.380 e. The second kappa shape index (κ2) is 9.50. The van der Waals surface area contributed by atoms with Crippen molar-refractivity contribution >= 4 is 23.5 Å². The summed E-state index contributed by atoms with van der Waals surface area (Å²) in [4.78, 5) is 36.6. The molecule has 6 N–H and O–H groups in total. The van der Waals surface area contributed by atoms with Gasteiger partial charge in [0.2, 0.25) is 0 Å². The van der Waals surface area contributed by atoms with E-state index >= 15 is 0 Å². The van der Waals surface area contributed by atoms with E-state index < -0.39 is 11.8 Å². The number of nitrogens with one attached hydrogen (secondary N) is 2. The second-order valence-corrected chi connectivity index (χ2v) is 5.71. The van der Waals surface area contributed by atoms with E-state index in [1.165, 1.54) is 18.2 Å². The predicted molar refractivity (Wildman–Crippen MR) is 109 cm³/mol. The molecule has 0 atom stereocenters. The molecule has 3 aromatic heterocycles. The normalized spacial score (nSPS) is 11.6. The highest BCUT2D eigenvalue weighted by Crippen LogP contribution is 2.01. The Morgan fingerprint density at radius 2 is 1.10 bits per heavy atom. The van der Waals surface area contributed by atoms with Crippen LogP contribution in [-0.4, -0.2) is 38.4 Å². The van der Waals surface area contributed by atoms with E-state index in [2.05, 4.69) is 36.0 Å². The van der Waals surface area contributed by atoms with Gasteiger partial charge in [-0.25, -0.2) is 15.8 Å². The van der Waals surface area contributed by atoms with Crippen molar-refractivity contribution in [3.63, 3.8) is 0 Å². The van der Waals surface area contributed by atoms with Crippen LogP contribution in [0, 0.1) is 0 Å². The lowest BCUT2D eigenvalue weighted by molar-refractivity contribution is 0.0945. The topological polar surface area (TPSA) is 174 Å². The van der Waals surface area contributed by atoms with Gasteiger partial charge in [-0.1, -0.05) is 18.2 Å². The average molecular weight is 403 g/mol. The Balaban J connectivity index is 1.66. The summed E-state index contributed by atoms with van der Waals surface area (Å²) < 4.78 is 0. The summed E-state index contributed by atoms with van der Waals surface area (Å²) in [7, 11) is 0. The molecule has 30 heavy (non-hydrogen) atoms. The number of hydrogen-bond acceptors (Lipinski definition) is 7. The molecule has 3 rings (SSSR count). The molecule has 0 fully saturated rings. The first-order chi connectivity index (χ1) is 14.5. The van der Waals surface area contributed by atoms with Crippen LogP contribution in [0.3, 0.4) is 0 Å². The molecule has 11 nitrogen and oxygen atoms in total. The number of nitrogens with two attached hydrogens (primary N) is 2. The van der Waals surface area contributed by atoms with Gasteiger partial charge in [-0.15, -0.1) is 0 Å². The van der Waals surface area contributed by atoms with Gasteiger partial charge >= 0.3 is 0 Å². The summed E-state index contributed by atoms with van der Waals surface area (Å²) in [6, 6.07) is 14.5. The zero-order valence-electron chi connectivity index (χ0n) is 15.6. The van der Waals surface area contributed by atoms with E-state index in [1.807, 2.05) is 0 Å². The van der Waals surface area contributed by atoms with Gasteiger partial charge in [-0.05, 0) is 36.4 Å². The summed E-state index contributed by atoms with van der Waals surface area (Å²) in [5.41, 5.74) is 16.8. The Bertz CT molecular complexity index is 1010. The first kappa shape index (κ1) is 20.1. The fraction of sp³-hybridized carbons (Fsp3) is 0. The Morgan fingerprint density at radius 3 is 1.50 bits per heavy atom. The zero-order chi connectivity index (χ0) is 21.3. The summed E-state index contributed by atoms with van der Waals surface area (Å²) in [6.07, 6.45) is 3.10. The largest absolute Gasteiger partial charge is 0.380 e. The summed E-state index contributed by atoms with van der Waals surface area (Å²) >= 11 is 0. The summed E-state index contributed by atoms with van der Waals surface area (Å²) in [5.74, 6) is -1.26. The number of nitrogens with zero attached hydrogens (tertiary/aromatic N) is 5. The highest BCUT2D eigenvalue weighted by Gasteiger charge is 2.12. The van der Waals surface area contributed by atoms with Crippen molar-refractivity contribution in [3.8, 4) is 0 Å². The number of hydrogen-bond donors (Lipinski definition) is 4. The first-order valence-electron chi connectivity index (χ1n) is 8.61. The molecule has 11 heteroatoms. The molecule has 0 bridgehead atoms. The van der Waals surface area contributed by atoms with Crippen molar-refractivity contribution in [1.29, 1.82) is 0 Å². The van der Waals surface area contributed by atoms with Gasteiger partial charge in [0.15, 0.2) is 11.7 Å². The lowest BCUT2D eigenvalue weighted by Gasteiger charge is -2.04. The van der Waals surface area contributed by atoms with E-state index in [1.54, 1.807) is 48.8 Å². The van der Waals surface area contributed by atoms with E-state index in [0.717, 1.165) is 0 Å². The minimum atomic E-state index is -0.653. The standard InChI is InChI=1S/C19H17N9O2/c20-16(12-6-1-3-10-22-12)25-27-18(29)14-8-5-9-15(24-14)19(30)28-26-17(21)13-7-2-4-11-23-13/h1-11H,(H2,20,25)(H2,21,26)(H,27,29)(H,28,30). The first-order valence-corrected chi connectivity index (χ1v) is 8.61. The van der Waals surface area contributed by atoms with E-state index in [4.69, 9.17) is 11.5 Å². The molecule has 3 aromatic rings. The van der Waals surface area contributed by atoms with Crippen LogP contribution in [0.15, 0.2) is 77.2 Å². The van der Waals surface area contributed by atoms with Gasteiger partial charge in [-0.3, -0.25) is 19.6 Å². The summed E-state index contributed by atoms with van der Waals surface area (Å²) in [5, 5.41) is 7.57. The van der Waals surface area contributed by atoms with Gasteiger partial charge in [0.25, 0.3) is 11.8 Å². The Morgan fingerprint density at radius 1 is 0.667 bits per heavy atom. The van der Waals surface area contributed by atoms with Gasteiger partial charge in [0.1, 0.15) is 22.8 Å². The molecule has 150 valence electrons. The van der Waals surface area contributed by atoms with Crippen LogP contribution >= 0.6 is 0 Å². The molecular formula is C19H17N9O2. The zero-order valence-corrected chi connectivity index (χ0v) is 15.6. The predicted octanol–water partition coefficient (Wildman–Crippen LogP) is -0.0278. The smallest absolute Gasteiger partial charge is 0.290 e. The van der Waals surface area contributed by atoms with Crippen molar-refractivity contribution < 1.29 is 9.59 Å². The van der Waals surface area contributed by atoms with Gasteiger partial charge in [0, 0.05) is 12.4 Å². The maximum absolute atomic E-state index is 12.3. The van der Waals surface area contributed by atoms with E-state index in [-0.39, 0.29) is 23.1 Å². The molecule has 0 unspecified atom stereocenters. The highest BCUT2D eigenvalue weighted by molar-refractivity contribution is 6.00. The van der Waals surface area contributed by atoms with Crippen LogP contribution in [0.5, 0.6) is 0 Å². The fourth-order valence-corrected chi connectivity index (χ4v) is 2.17. The molecule has 0 aromatic carbocycles. The van der Waals surface area contributed by atoms with Crippen LogP contribution in [0.2, 0.25) is 0 Å². The lowest BCUT2D eigenvalue weighted by Crippen LogP contribution is -2.27. The third kappa shape index (κ3) is 5.19. The minimum absolute atomic E-state index is 0.0252. The average Bonchev–Trinajstić information content (AvgIpc) is 2.81. The van der Waals surface area contributed by atoms with Gasteiger partial charge in [-0.2, -0.15) is 10.2 Å². The van der Waals surface area contributed by atoms with E-state index in [9.17, 15) is 9.59 Å². The lowest BCUT2D eigenvalue weighted by atomic mass is 10.3. The summed E-state index contributed by atoms with van der Waals surface area (Å²) in [6.45, 7) is 0. The van der Waals surface area contributed by atoms with Crippen LogP contribution in [-0.2, 0) is 0 Å². The van der Waals surface area contributed by atoms with Crippen molar-refractivity contribution in [3.05, 3.63) is 89.8 Å². The van der Waals surface area contributed by atoms with Crippen molar-refractivity contribution in [2.45, 2.75) is 0 Å². The van der Waals surface area contributed by atoms with E-state index in [0.29, 0.717) is 11.4 Å². The van der Waals surface area contributed by atoms with Crippen molar-refractivity contribution in [2.24, 2.45) is 21.7 Å². The molecular weight excluding hydrogens is 386 g/mol. The SMILES string of the molecule is N/C(=N\NC(=O)c1cccc(C(=O)N/N=C(\N)c2ccccn2)n1)c1ccccn1. The molecule has 2 amide bonds. The van der Waals surface area contributed by atoms with Crippen molar-refractivity contribution in [2.75, 3.05) is 0 Å². The quantitative estimate of drug-likeness (QED) is 0.254. The molecule has 0 aliphatic carbocycles. The number of rotatable bonds is 6. The molecule has 3 heterocycles. The van der Waals surface area contributed by atoms with Crippen LogP contribution in [0.1, 0.15) is 32.4 Å². The monoisotopic (exact) mass is 403 g/mol. The second-order valence-electron chi connectivity index (χ2n) is 5.71. The Hall–Kier alpha value is -4.67. The molecule has 0 spiro atoms. The maximum atomic E-state index is 12.3. The maximum Gasteiger partial charge on any atom is 0.290 e.